The molecule has 5 heteroatoms. The molecule has 1 aliphatic heterocycles. The number of carbonyl (C=O) groups excluding carboxylic acids is 1. The van der Waals surface area contributed by atoms with Gasteiger partial charge in [-0.05, 0) is 18.6 Å². The molecule has 0 aliphatic carbocycles. The van der Waals surface area contributed by atoms with E-state index in [1.807, 2.05) is 85.4 Å². The fourth-order valence-corrected chi connectivity index (χ4v) is 3.64. The number of nitrogens with zero attached hydrogens (tertiary/aromatic N) is 4. The van der Waals surface area contributed by atoms with E-state index in [2.05, 4.69) is 0 Å². The molecule has 0 saturated carbocycles. The molecule has 0 saturated heterocycles. The van der Waals surface area contributed by atoms with Crippen LogP contribution in [0.25, 0.3) is 11.4 Å². The lowest BCUT2D eigenvalue weighted by Crippen LogP contribution is -2.37. The van der Waals surface area contributed by atoms with Crippen molar-refractivity contribution in [3.8, 4) is 11.4 Å². The summed E-state index contributed by atoms with van der Waals surface area (Å²) in [5, 5.41) is 0. The Morgan fingerprint density at radius 2 is 1.71 bits per heavy atom. The maximum atomic E-state index is 13.1. The number of aromatic nitrogens is 2. The number of rotatable bonds is 3. The van der Waals surface area contributed by atoms with Crippen LogP contribution in [-0.4, -0.2) is 41.4 Å². The summed E-state index contributed by atoms with van der Waals surface area (Å²) in [7, 11) is 3.97. The van der Waals surface area contributed by atoms with E-state index in [1.165, 1.54) is 0 Å². The number of carbonyl (C=O) groups is 1. The predicted octanol–water partition coefficient (Wildman–Crippen LogP) is 3.72. The second kappa shape index (κ2) is 7.43. The summed E-state index contributed by atoms with van der Waals surface area (Å²) in [6, 6.07) is 17.8. The van der Waals surface area contributed by atoms with Gasteiger partial charge in [-0.25, -0.2) is 9.97 Å². The van der Waals surface area contributed by atoms with E-state index >= 15 is 0 Å². The van der Waals surface area contributed by atoms with Crippen LogP contribution in [0.2, 0.25) is 0 Å². The maximum absolute atomic E-state index is 13.1. The number of anilines is 1. The van der Waals surface area contributed by atoms with E-state index < -0.39 is 0 Å². The van der Waals surface area contributed by atoms with E-state index in [4.69, 9.17) is 9.97 Å². The molecule has 28 heavy (non-hydrogen) atoms. The summed E-state index contributed by atoms with van der Waals surface area (Å²) in [6.07, 6.45) is 0.732. The first-order valence-corrected chi connectivity index (χ1v) is 9.52. The molecule has 2 aromatic carbocycles. The topological polar surface area (TPSA) is 49.3 Å². The quantitative estimate of drug-likeness (QED) is 0.703. The zero-order valence-corrected chi connectivity index (χ0v) is 16.5. The summed E-state index contributed by atoms with van der Waals surface area (Å²) in [5.74, 6) is 1.69. The Balaban J connectivity index is 1.70. The molecule has 142 valence electrons. The molecule has 5 nitrogen and oxygen atoms in total. The minimum Gasteiger partial charge on any atom is -0.362 e. The van der Waals surface area contributed by atoms with Crippen LogP contribution in [-0.2, 0) is 13.0 Å². The fourth-order valence-electron chi connectivity index (χ4n) is 3.64. The third-order valence-electron chi connectivity index (χ3n) is 5.16. The lowest BCUT2D eigenvalue weighted by Gasteiger charge is -2.31. The number of hydrogen-bond acceptors (Lipinski definition) is 4. The van der Waals surface area contributed by atoms with Gasteiger partial charge in [0.1, 0.15) is 5.82 Å². The second-order valence-corrected chi connectivity index (χ2v) is 7.35. The van der Waals surface area contributed by atoms with Crippen molar-refractivity contribution in [1.29, 1.82) is 0 Å². The SMILES string of the molecule is Cc1ccccc1C(=O)N1CCc2nc(-c3ccccc3)nc(N(C)C)c2C1. The van der Waals surface area contributed by atoms with E-state index in [0.717, 1.165) is 46.0 Å². The van der Waals surface area contributed by atoms with Crippen molar-refractivity contribution in [1.82, 2.24) is 14.9 Å². The Bertz CT molecular complexity index is 1010. The van der Waals surface area contributed by atoms with Gasteiger partial charge in [0, 0.05) is 43.8 Å². The van der Waals surface area contributed by atoms with E-state index in [-0.39, 0.29) is 5.91 Å². The van der Waals surface area contributed by atoms with Gasteiger partial charge in [-0.2, -0.15) is 0 Å². The second-order valence-electron chi connectivity index (χ2n) is 7.35. The van der Waals surface area contributed by atoms with Crippen LogP contribution in [0.4, 0.5) is 5.82 Å². The van der Waals surface area contributed by atoms with Gasteiger partial charge in [-0.1, -0.05) is 48.5 Å². The third kappa shape index (κ3) is 3.36. The lowest BCUT2D eigenvalue weighted by atomic mass is 10.0. The smallest absolute Gasteiger partial charge is 0.254 e. The van der Waals surface area contributed by atoms with Crippen LogP contribution < -0.4 is 4.90 Å². The molecule has 0 bridgehead atoms. The van der Waals surface area contributed by atoms with Crippen LogP contribution in [0.1, 0.15) is 27.2 Å². The van der Waals surface area contributed by atoms with Crippen LogP contribution in [0.15, 0.2) is 54.6 Å². The molecule has 0 spiro atoms. The number of benzene rings is 2. The molecule has 2 heterocycles. The average molecular weight is 372 g/mol. The highest BCUT2D eigenvalue weighted by Crippen LogP contribution is 2.29. The number of amides is 1. The van der Waals surface area contributed by atoms with Gasteiger partial charge in [-0.3, -0.25) is 4.79 Å². The molecule has 1 aliphatic rings. The first kappa shape index (κ1) is 18.2. The van der Waals surface area contributed by atoms with E-state index in [9.17, 15) is 4.79 Å². The minimum absolute atomic E-state index is 0.0700. The molecule has 0 atom stereocenters. The predicted molar refractivity (Wildman–Crippen MR) is 111 cm³/mol. The monoisotopic (exact) mass is 372 g/mol. The fraction of sp³-hybridized carbons (Fsp3) is 0.261. The van der Waals surface area contributed by atoms with Gasteiger partial charge in [0.25, 0.3) is 5.91 Å². The molecule has 0 radical (unpaired) electrons. The van der Waals surface area contributed by atoms with Crippen molar-refractivity contribution < 1.29 is 4.79 Å². The van der Waals surface area contributed by atoms with Crippen molar-refractivity contribution in [2.45, 2.75) is 19.9 Å². The van der Waals surface area contributed by atoms with Gasteiger partial charge < -0.3 is 9.80 Å². The highest BCUT2D eigenvalue weighted by atomic mass is 16.2. The summed E-state index contributed by atoms with van der Waals surface area (Å²) in [5.41, 5.74) is 4.84. The number of hydrogen-bond donors (Lipinski definition) is 0. The first-order chi connectivity index (χ1) is 13.5. The Morgan fingerprint density at radius 3 is 2.43 bits per heavy atom. The minimum atomic E-state index is 0.0700. The molecule has 1 aromatic heterocycles. The van der Waals surface area contributed by atoms with Gasteiger partial charge in [0.2, 0.25) is 0 Å². The molecular formula is C23H24N4O. The van der Waals surface area contributed by atoms with Gasteiger partial charge in [-0.15, -0.1) is 0 Å². The highest BCUT2D eigenvalue weighted by molar-refractivity contribution is 5.95. The van der Waals surface area contributed by atoms with E-state index in [1.54, 1.807) is 0 Å². The Hall–Kier alpha value is -3.21. The highest BCUT2D eigenvalue weighted by Gasteiger charge is 2.27. The maximum Gasteiger partial charge on any atom is 0.254 e. The van der Waals surface area contributed by atoms with Gasteiger partial charge >= 0.3 is 0 Å². The Morgan fingerprint density at radius 1 is 1.00 bits per heavy atom. The van der Waals surface area contributed by atoms with Crippen LogP contribution in [0.3, 0.4) is 0 Å². The zero-order valence-electron chi connectivity index (χ0n) is 16.5. The molecule has 3 aromatic rings. The number of fused-ring (bicyclic) bond motifs is 1. The Labute approximate surface area is 165 Å². The summed E-state index contributed by atoms with van der Waals surface area (Å²) >= 11 is 0. The lowest BCUT2D eigenvalue weighted by molar-refractivity contribution is 0.0733. The molecule has 0 fully saturated rings. The molecule has 4 rings (SSSR count). The normalized spacial score (nSPS) is 13.2. The molecule has 1 amide bonds. The van der Waals surface area contributed by atoms with Crippen molar-refractivity contribution in [3.05, 3.63) is 77.0 Å². The third-order valence-corrected chi connectivity index (χ3v) is 5.16. The van der Waals surface area contributed by atoms with Gasteiger partial charge in [0.15, 0.2) is 5.82 Å². The van der Waals surface area contributed by atoms with Crippen molar-refractivity contribution >= 4 is 11.7 Å². The van der Waals surface area contributed by atoms with Gasteiger partial charge in [0.05, 0.1) is 12.2 Å². The van der Waals surface area contributed by atoms with Crippen molar-refractivity contribution in [2.24, 2.45) is 0 Å². The van der Waals surface area contributed by atoms with Crippen molar-refractivity contribution in [2.75, 3.05) is 25.5 Å². The van der Waals surface area contributed by atoms with Crippen LogP contribution >= 0.6 is 0 Å². The molecule has 0 N–H and O–H groups in total. The largest absolute Gasteiger partial charge is 0.362 e. The molecular weight excluding hydrogens is 348 g/mol. The van der Waals surface area contributed by atoms with Crippen LogP contribution in [0.5, 0.6) is 0 Å². The molecule has 0 unspecified atom stereocenters. The summed E-state index contributed by atoms with van der Waals surface area (Å²) in [6.45, 7) is 3.18. The summed E-state index contributed by atoms with van der Waals surface area (Å²) < 4.78 is 0. The summed E-state index contributed by atoms with van der Waals surface area (Å²) in [4.78, 5) is 26.6. The Kier molecular flexibility index (Phi) is 4.82. The zero-order chi connectivity index (χ0) is 19.7. The average Bonchev–Trinajstić information content (AvgIpc) is 2.73. The number of aryl methyl sites for hydroxylation is 1. The van der Waals surface area contributed by atoms with Crippen molar-refractivity contribution in [3.63, 3.8) is 0 Å². The van der Waals surface area contributed by atoms with Crippen LogP contribution in [0, 0.1) is 6.92 Å². The van der Waals surface area contributed by atoms with E-state index in [0.29, 0.717) is 13.1 Å². The first-order valence-electron chi connectivity index (χ1n) is 9.52. The standard InChI is InChI=1S/C23H24N4O/c1-16-9-7-8-12-18(16)23(28)27-14-13-20-19(15-27)22(26(2)3)25-21(24-20)17-10-5-4-6-11-17/h4-12H,13-15H2,1-3H3.